The molecule has 1 atom stereocenters. The second-order valence-corrected chi connectivity index (χ2v) is 5.94. The minimum Gasteiger partial charge on any atom is -0.379 e. The predicted molar refractivity (Wildman–Crippen MR) is 88.1 cm³/mol. The van der Waals surface area contributed by atoms with E-state index in [0.717, 1.165) is 12.1 Å². The molecule has 0 aliphatic carbocycles. The molecule has 3 rings (SSSR count). The van der Waals surface area contributed by atoms with Crippen LogP contribution in [-0.4, -0.2) is 29.7 Å². The van der Waals surface area contributed by atoms with E-state index >= 15 is 0 Å². The van der Waals surface area contributed by atoms with Gasteiger partial charge in [0, 0.05) is 29.9 Å². The van der Waals surface area contributed by atoms with Gasteiger partial charge >= 0.3 is 0 Å². The summed E-state index contributed by atoms with van der Waals surface area (Å²) in [5.41, 5.74) is 7.24. The average molecular weight is 337 g/mol. The standard InChI is InChI=1S/C16H18ClFN4O/c1-10-7-15(21-16(19)20-10)22-5-2-6-23-9-14(22)12-8-11(18)3-4-13(12)17/h3-4,7-8,14H,2,5-6,9H2,1H3,(H2,19,20,21)/t14-/m1/s1. The highest BCUT2D eigenvalue weighted by Gasteiger charge is 2.27. The lowest BCUT2D eigenvalue weighted by atomic mass is 10.1. The van der Waals surface area contributed by atoms with E-state index in [1.54, 1.807) is 6.07 Å². The Labute approximate surface area is 139 Å². The van der Waals surface area contributed by atoms with Crippen molar-refractivity contribution in [3.05, 3.63) is 46.4 Å². The van der Waals surface area contributed by atoms with E-state index in [0.29, 0.717) is 36.2 Å². The molecule has 1 aromatic carbocycles. The molecule has 1 fully saturated rings. The van der Waals surface area contributed by atoms with Gasteiger partial charge in [0.2, 0.25) is 5.95 Å². The Bertz CT molecular complexity index is 692. The fraction of sp³-hybridized carbons (Fsp3) is 0.375. The highest BCUT2D eigenvalue weighted by atomic mass is 35.5. The molecule has 0 amide bonds. The van der Waals surface area contributed by atoms with E-state index in [-0.39, 0.29) is 17.8 Å². The Kier molecular flexibility index (Phi) is 4.63. The van der Waals surface area contributed by atoms with Crippen LogP contribution in [-0.2, 0) is 4.74 Å². The monoisotopic (exact) mass is 336 g/mol. The second kappa shape index (κ2) is 6.68. The van der Waals surface area contributed by atoms with E-state index < -0.39 is 0 Å². The molecule has 2 N–H and O–H groups in total. The third-order valence-electron chi connectivity index (χ3n) is 3.81. The number of hydrogen-bond donors (Lipinski definition) is 1. The van der Waals surface area contributed by atoms with Crippen molar-refractivity contribution in [2.24, 2.45) is 0 Å². The molecular weight excluding hydrogens is 319 g/mol. The largest absolute Gasteiger partial charge is 0.379 e. The molecule has 0 radical (unpaired) electrons. The van der Waals surface area contributed by atoms with Crippen LogP contribution in [0.4, 0.5) is 16.2 Å². The zero-order valence-electron chi connectivity index (χ0n) is 12.8. The van der Waals surface area contributed by atoms with Crippen LogP contribution >= 0.6 is 11.6 Å². The first-order chi connectivity index (χ1) is 11.0. The van der Waals surface area contributed by atoms with Gasteiger partial charge in [0.05, 0.1) is 12.6 Å². The maximum Gasteiger partial charge on any atom is 0.222 e. The zero-order chi connectivity index (χ0) is 16.4. The van der Waals surface area contributed by atoms with Crippen LogP contribution in [0.5, 0.6) is 0 Å². The van der Waals surface area contributed by atoms with Crippen molar-refractivity contribution in [2.45, 2.75) is 19.4 Å². The Hall–Kier alpha value is -1.92. The summed E-state index contributed by atoms with van der Waals surface area (Å²) >= 11 is 6.29. The minimum absolute atomic E-state index is 0.217. The van der Waals surface area contributed by atoms with E-state index in [2.05, 4.69) is 14.9 Å². The lowest BCUT2D eigenvalue weighted by Gasteiger charge is -2.31. The van der Waals surface area contributed by atoms with Crippen molar-refractivity contribution in [2.75, 3.05) is 30.4 Å². The highest BCUT2D eigenvalue weighted by molar-refractivity contribution is 6.31. The van der Waals surface area contributed by atoms with Gasteiger partial charge in [-0.3, -0.25) is 0 Å². The lowest BCUT2D eigenvalue weighted by Crippen LogP contribution is -2.32. The van der Waals surface area contributed by atoms with Gasteiger partial charge in [0.15, 0.2) is 0 Å². The molecule has 1 aliphatic heterocycles. The lowest BCUT2D eigenvalue weighted by molar-refractivity contribution is 0.134. The maximum absolute atomic E-state index is 13.7. The topological polar surface area (TPSA) is 64.3 Å². The van der Waals surface area contributed by atoms with Crippen LogP contribution in [0, 0.1) is 12.7 Å². The van der Waals surface area contributed by atoms with Crippen LogP contribution in [0.15, 0.2) is 24.3 Å². The number of hydrogen-bond acceptors (Lipinski definition) is 5. The van der Waals surface area contributed by atoms with Gasteiger partial charge in [-0.25, -0.2) is 9.37 Å². The van der Waals surface area contributed by atoms with Crippen molar-refractivity contribution < 1.29 is 9.13 Å². The first kappa shape index (κ1) is 16.0. The van der Waals surface area contributed by atoms with Gasteiger partial charge in [-0.1, -0.05) is 11.6 Å². The van der Waals surface area contributed by atoms with E-state index in [1.807, 2.05) is 13.0 Å². The molecule has 7 heteroatoms. The van der Waals surface area contributed by atoms with Gasteiger partial charge in [-0.05, 0) is 37.1 Å². The summed E-state index contributed by atoms with van der Waals surface area (Å²) in [6.07, 6.45) is 0.840. The number of anilines is 2. The molecule has 122 valence electrons. The molecule has 1 aliphatic rings. The van der Waals surface area contributed by atoms with Gasteiger partial charge < -0.3 is 15.4 Å². The van der Waals surface area contributed by atoms with E-state index in [9.17, 15) is 4.39 Å². The van der Waals surface area contributed by atoms with Crippen LogP contribution in [0.1, 0.15) is 23.7 Å². The fourth-order valence-electron chi connectivity index (χ4n) is 2.80. The van der Waals surface area contributed by atoms with Crippen LogP contribution < -0.4 is 10.6 Å². The number of nitrogens with zero attached hydrogens (tertiary/aromatic N) is 3. The highest BCUT2D eigenvalue weighted by Crippen LogP contribution is 2.33. The Morgan fingerprint density at radius 1 is 1.35 bits per heavy atom. The fourth-order valence-corrected chi connectivity index (χ4v) is 3.04. The van der Waals surface area contributed by atoms with E-state index in [4.69, 9.17) is 22.1 Å². The van der Waals surface area contributed by atoms with Gasteiger partial charge in [0.1, 0.15) is 11.6 Å². The normalized spacial score (nSPS) is 18.7. The van der Waals surface area contributed by atoms with Crippen LogP contribution in [0.3, 0.4) is 0 Å². The molecular formula is C16H18ClFN4O. The summed E-state index contributed by atoms with van der Waals surface area (Å²) in [5, 5.41) is 0.505. The molecule has 0 spiro atoms. The summed E-state index contributed by atoms with van der Waals surface area (Å²) < 4.78 is 19.4. The number of nitrogens with two attached hydrogens (primary N) is 1. The summed E-state index contributed by atoms with van der Waals surface area (Å²) in [6, 6.07) is 6.00. The van der Waals surface area contributed by atoms with Gasteiger partial charge in [0.25, 0.3) is 0 Å². The number of halogens is 2. The van der Waals surface area contributed by atoms with Crippen LogP contribution in [0.2, 0.25) is 5.02 Å². The average Bonchev–Trinajstić information content (AvgIpc) is 2.74. The Morgan fingerprint density at radius 3 is 2.96 bits per heavy atom. The maximum atomic E-state index is 13.7. The number of aromatic nitrogens is 2. The van der Waals surface area contributed by atoms with Crippen molar-refractivity contribution >= 4 is 23.4 Å². The van der Waals surface area contributed by atoms with Crippen molar-refractivity contribution in [1.82, 2.24) is 9.97 Å². The summed E-state index contributed by atoms with van der Waals surface area (Å²) in [6.45, 7) is 3.62. The SMILES string of the molecule is Cc1cc(N2CCCOC[C@@H]2c2cc(F)ccc2Cl)nc(N)n1. The first-order valence-corrected chi connectivity index (χ1v) is 7.83. The number of nitrogen functional groups attached to an aromatic ring is 1. The molecule has 0 saturated carbocycles. The molecule has 23 heavy (non-hydrogen) atoms. The smallest absolute Gasteiger partial charge is 0.222 e. The Balaban J connectivity index is 2.05. The van der Waals surface area contributed by atoms with Crippen molar-refractivity contribution in [3.63, 3.8) is 0 Å². The minimum atomic E-state index is -0.327. The number of rotatable bonds is 2. The van der Waals surface area contributed by atoms with Gasteiger partial charge in [-0.2, -0.15) is 4.98 Å². The summed E-state index contributed by atoms with van der Waals surface area (Å²) in [5.74, 6) is 0.590. The molecule has 2 heterocycles. The predicted octanol–water partition coefficient (Wildman–Crippen LogP) is 3.13. The zero-order valence-corrected chi connectivity index (χ0v) is 13.6. The number of ether oxygens (including phenoxy) is 1. The first-order valence-electron chi connectivity index (χ1n) is 7.45. The third-order valence-corrected chi connectivity index (χ3v) is 4.15. The van der Waals surface area contributed by atoms with E-state index in [1.165, 1.54) is 12.1 Å². The van der Waals surface area contributed by atoms with Crippen molar-refractivity contribution in [3.8, 4) is 0 Å². The summed E-state index contributed by atoms with van der Waals surface area (Å²) in [4.78, 5) is 10.5. The quantitative estimate of drug-likeness (QED) is 0.912. The molecule has 0 bridgehead atoms. The molecule has 2 aromatic rings. The van der Waals surface area contributed by atoms with Gasteiger partial charge in [-0.15, -0.1) is 0 Å². The molecule has 1 saturated heterocycles. The Morgan fingerprint density at radius 2 is 2.17 bits per heavy atom. The second-order valence-electron chi connectivity index (χ2n) is 5.53. The summed E-state index contributed by atoms with van der Waals surface area (Å²) in [7, 11) is 0. The number of benzene rings is 1. The number of aryl methyl sites for hydroxylation is 1. The van der Waals surface area contributed by atoms with Crippen molar-refractivity contribution in [1.29, 1.82) is 0 Å². The third kappa shape index (κ3) is 3.54. The molecule has 5 nitrogen and oxygen atoms in total. The van der Waals surface area contributed by atoms with Crippen LogP contribution in [0.25, 0.3) is 0 Å². The molecule has 0 unspecified atom stereocenters. The molecule has 1 aromatic heterocycles.